The monoisotopic (exact) mass is 293 g/mol. The normalized spacial score (nSPS) is 24.0. The number of ether oxygens (including phenoxy) is 3. The summed E-state index contributed by atoms with van der Waals surface area (Å²) >= 11 is 0. The van der Waals surface area contributed by atoms with E-state index in [1.807, 2.05) is 0 Å². The number of nitrogens with two attached hydrogens (primary N) is 1. The van der Waals surface area contributed by atoms with Crippen LogP contribution in [-0.4, -0.2) is 38.6 Å². The third-order valence-corrected chi connectivity index (χ3v) is 3.70. The van der Waals surface area contributed by atoms with Gasteiger partial charge in [-0.05, 0) is 24.0 Å². The molecule has 2 aliphatic rings. The van der Waals surface area contributed by atoms with E-state index in [1.54, 1.807) is 0 Å². The molecular formula is C17H27NO3. The predicted octanol–water partition coefficient (Wildman–Crippen LogP) is 2.46. The summed E-state index contributed by atoms with van der Waals surface area (Å²) < 4.78 is 15.8. The fourth-order valence-electron chi connectivity index (χ4n) is 2.19. The van der Waals surface area contributed by atoms with Crippen molar-refractivity contribution in [2.45, 2.75) is 45.0 Å². The Kier molecular flexibility index (Phi) is 6.64. The summed E-state index contributed by atoms with van der Waals surface area (Å²) in [6, 6.07) is 8.56. The average Bonchev–Trinajstić information content (AvgIpc) is 3.42. The van der Waals surface area contributed by atoms with Crippen LogP contribution in [0.4, 0.5) is 0 Å². The van der Waals surface area contributed by atoms with Crippen molar-refractivity contribution in [1.29, 1.82) is 0 Å². The fourth-order valence-corrected chi connectivity index (χ4v) is 2.19. The molecule has 2 heterocycles. The number of hydrogen-bond acceptors (Lipinski definition) is 4. The summed E-state index contributed by atoms with van der Waals surface area (Å²) in [5.74, 6) is 0. The Labute approximate surface area is 127 Å². The van der Waals surface area contributed by atoms with E-state index in [-0.39, 0.29) is 6.10 Å². The lowest BCUT2D eigenvalue weighted by Crippen LogP contribution is -2.10. The first-order valence-corrected chi connectivity index (χ1v) is 7.91. The molecule has 0 aliphatic carbocycles. The van der Waals surface area contributed by atoms with Crippen molar-refractivity contribution in [3.8, 4) is 0 Å². The molecule has 1 aromatic carbocycles. The van der Waals surface area contributed by atoms with Gasteiger partial charge in [-0.3, -0.25) is 0 Å². The second kappa shape index (κ2) is 8.49. The van der Waals surface area contributed by atoms with Gasteiger partial charge in [-0.1, -0.05) is 38.1 Å². The number of hydrogen-bond donors (Lipinski definition) is 1. The Hall–Kier alpha value is -0.940. The van der Waals surface area contributed by atoms with Gasteiger partial charge in [-0.2, -0.15) is 0 Å². The first-order valence-electron chi connectivity index (χ1n) is 7.91. The van der Waals surface area contributed by atoms with Crippen molar-refractivity contribution in [3.63, 3.8) is 0 Å². The van der Waals surface area contributed by atoms with E-state index in [2.05, 4.69) is 38.1 Å². The van der Waals surface area contributed by atoms with Crippen LogP contribution >= 0.6 is 0 Å². The lowest BCUT2D eigenvalue weighted by molar-refractivity contribution is 0.0389. The zero-order chi connectivity index (χ0) is 15.1. The topological polar surface area (TPSA) is 60.3 Å². The van der Waals surface area contributed by atoms with Crippen molar-refractivity contribution in [1.82, 2.24) is 0 Å². The Morgan fingerprint density at radius 2 is 1.86 bits per heavy atom. The molecule has 3 rings (SSSR count). The summed E-state index contributed by atoms with van der Waals surface area (Å²) in [4.78, 5) is 0. The molecule has 118 valence electrons. The molecular weight excluding hydrogens is 266 g/mol. The number of rotatable bonds is 7. The molecule has 1 aromatic rings. The summed E-state index contributed by atoms with van der Waals surface area (Å²) in [7, 11) is 0. The average molecular weight is 293 g/mol. The minimum Gasteiger partial charge on any atom is -0.372 e. The van der Waals surface area contributed by atoms with Gasteiger partial charge in [0.1, 0.15) is 6.10 Å². The molecule has 4 nitrogen and oxygen atoms in total. The molecule has 0 radical (unpaired) electrons. The largest absolute Gasteiger partial charge is 0.372 e. The number of aryl methyl sites for hydroxylation is 1. The van der Waals surface area contributed by atoms with Gasteiger partial charge >= 0.3 is 0 Å². The molecule has 0 amide bonds. The van der Waals surface area contributed by atoms with E-state index < -0.39 is 0 Å². The second-order valence-electron chi connectivity index (χ2n) is 5.43. The molecule has 0 spiro atoms. The first kappa shape index (κ1) is 16.4. The molecule has 3 atom stereocenters. The van der Waals surface area contributed by atoms with Crippen LogP contribution in [0.25, 0.3) is 0 Å². The maximum absolute atomic E-state index is 5.92. The van der Waals surface area contributed by atoms with Gasteiger partial charge in [0, 0.05) is 6.54 Å². The van der Waals surface area contributed by atoms with Gasteiger partial charge in [0.25, 0.3) is 0 Å². The SMILES string of the molecule is CCc1ccccc1C(CC)OCC1CO1.NCC1CO1. The minimum atomic E-state index is 0.223. The van der Waals surface area contributed by atoms with E-state index in [1.165, 1.54) is 11.1 Å². The van der Waals surface area contributed by atoms with E-state index in [0.717, 1.165) is 32.7 Å². The molecule has 0 bridgehead atoms. The van der Waals surface area contributed by atoms with Crippen molar-refractivity contribution < 1.29 is 14.2 Å². The van der Waals surface area contributed by atoms with Gasteiger partial charge in [0.2, 0.25) is 0 Å². The van der Waals surface area contributed by atoms with Crippen LogP contribution in [0.5, 0.6) is 0 Å². The Balaban J connectivity index is 0.000000272. The molecule has 0 saturated carbocycles. The van der Waals surface area contributed by atoms with Gasteiger partial charge in [0.15, 0.2) is 0 Å². The van der Waals surface area contributed by atoms with E-state index in [9.17, 15) is 0 Å². The first-order chi connectivity index (χ1) is 10.3. The van der Waals surface area contributed by atoms with Crippen LogP contribution in [0.3, 0.4) is 0 Å². The third kappa shape index (κ3) is 5.75. The van der Waals surface area contributed by atoms with Gasteiger partial charge < -0.3 is 19.9 Å². The van der Waals surface area contributed by atoms with Crippen molar-refractivity contribution >= 4 is 0 Å². The molecule has 4 heteroatoms. The number of benzene rings is 1. The minimum absolute atomic E-state index is 0.223. The molecule has 2 fully saturated rings. The van der Waals surface area contributed by atoms with E-state index >= 15 is 0 Å². The molecule has 21 heavy (non-hydrogen) atoms. The zero-order valence-corrected chi connectivity index (χ0v) is 13.1. The lowest BCUT2D eigenvalue weighted by atomic mass is 9.99. The molecule has 2 aliphatic heterocycles. The lowest BCUT2D eigenvalue weighted by Gasteiger charge is -2.19. The van der Waals surface area contributed by atoms with Gasteiger partial charge in [-0.15, -0.1) is 0 Å². The van der Waals surface area contributed by atoms with Crippen LogP contribution in [0.1, 0.15) is 37.5 Å². The van der Waals surface area contributed by atoms with Crippen molar-refractivity contribution in [2.24, 2.45) is 5.73 Å². The van der Waals surface area contributed by atoms with Crippen LogP contribution in [0.2, 0.25) is 0 Å². The maximum Gasteiger partial charge on any atom is 0.104 e. The Morgan fingerprint density at radius 3 is 2.33 bits per heavy atom. The van der Waals surface area contributed by atoms with E-state index in [0.29, 0.717) is 18.8 Å². The zero-order valence-electron chi connectivity index (χ0n) is 13.1. The quantitative estimate of drug-likeness (QED) is 0.785. The fraction of sp³-hybridized carbons (Fsp3) is 0.647. The Bertz CT molecular complexity index is 416. The highest BCUT2D eigenvalue weighted by Gasteiger charge is 2.24. The van der Waals surface area contributed by atoms with Gasteiger partial charge in [0.05, 0.1) is 32.0 Å². The second-order valence-corrected chi connectivity index (χ2v) is 5.43. The molecule has 2 N–H and O–H groups in total. The predicted molar refractivity (Wildman–Crippen MR) is 83.3 cm³/mol. The summed E-state index contributed by atoms with van der Waals surface area (Å²) in [6.07, 6.45) is 3.07. The maximum atomic E-state index is 5.92. The van der Waals surface area contributed by atoms with Crippen LogP contribution in [0.15, 0.2) is 24.3 Å². The number of epoxide rings is 2. The van der Waals surface area contributed by atoms with E-state index in [4.69, 9.17) is 19.9 Å². The standard InChI is InChI=1S/C14H20O2.C3H7NO/c1-3-11-7-5-6-8-13(11)14(4-2)16-10-12-9-15-12;4-1-3-2-5-3/h5-8,12,14H,3-4,9-10H2,1-2H3;3H,1-2,4H2. The molecule has 2 saturated heterocycles. The third-order valence-electron chi connectivity index (χ3n) is 3.70. The van der Waals surface area contributed by atoms with Crippen LogP contribution < -0.4 is 5.73 Å². The summed E-state index contributed by atoms with van der Waals surface area (Å²) in [5.41, 5.74) is 7.84. The van der Waals surface area contributed by atoms with Crippen LogP contribution in [0, 0.1) is 0 Å². The van der Waals surface area contributed by atoms with Gasteiger partial charge in [-0.25, -0.2) is 0 Å². The summed E-state index contributed by atoms with van der Waals surface area (Å²) in [5, 5.41) is 0. The van der Waals surface area contributed by atoms with Crippen molar-refractivity contribution in [3.05, 3.63) is 35.4 Å². The Morgan fingerprint density at radius 1 is 1.19 bits per heavy atom. The molecule has 0 aromatic heterocycles. The summed E-state index contributed by atoms with van der Waals surface area (Å²) in [6.45, 7) is 7.54. The smallest absolute Gasteiger partial charge is 0.104 e. The van der Waals surface area contributed by atoms with Crippen molar-refractivity contribution in [2.75, 3.05) is 26.4 Å². The highest BCUT2D eigenvalue weighted by atomic mass is 16.6. The molecule has 3 unspecified atom stereocenters. The highest BCUT2D eigenvalue weighted by molar-refractivity contribution is 5.29. The van der Waals surface area contributed by atoms with Crippen LogP contribution in [-0.2, 0) is 20.6 Å². The highest BCUT2D eigenvalue weighted by Crippen LogP contribution is 2.26.